The molecule has 7 heteroatoms. The number of aromatic nitrogens is 2. The van der Waals surface area contributed by atoms with Gasteiger partial charge in [-0.3, -0.25) is 9.78 Å². The van der Waals surface area contributed by atoms with E-state index in [9.17, 15) is 9.18 Å². The van der Waals surface area contributed by atoms with Gasteiger partial charge in [0.1, 0.15) is 5.82 Å². The zero-order chi connectivity index (χ0) is 23.5. The number of anilines is 1. The number of rotatable bonds is 7. The molecule has 0 spiro atoms. The summed E-state index contributed by atoms with van der Waals surface area (Å²) in [5.41, 5.74) is 13.2. The van der Waals surface area contributed by atoms with Crippen molar-refractivity contribution in [3.05, 3.63) is 76.2 Å². The molecule has 170 valence electrons. The van der Waals surface area contributed by atoms with E-state index in [2.05, 4.69) is 30.2 Å². The highest BCUT2D eigenvalue weighted by molar-refractivity contribution is 7.22. The number of nitrogen functional groups attached to an aromatic ring is 1. The van der Waals surface area contributed by atoms with Gasteiger partial charge in [-0.15, -0.1) is 0 Å². The third-order valence-corrected chi connectivity index (χ3v) is 6.53. The molecule has 0 saturated heterocycles. The van der Waals surface area contributed by atoms with Crippen molar-refractivity contribution in [1.82, 2.24) is 15.3 Å². The number of halogens is 1. The molecule has 1 amide bonds. The highest BCUT2D eigenvalue weighted by Crippen LogP contribution is 2.28. The fraction of sp³-hybridized carbons (Fsp3) is 0.269. The number of nitrogens with zero attached hydrogens (tertiary/aromatic N) is 2. The number of benzene rings is 2. The standard InChI is InChI=1S/C26H27FN4OS/c1-4-5-18-13-21(30-24(16(18)3)17-6-8-20(27)9-7-17)10-11-29-25(32)19-12-15(2)23-22(14-19)33-26(28)31-23/h6-9,12-14H,4-5,10-11H2,1-3H3,(H2,28,31)(H,29,32). The van der Waals surface area contributed by atoms with Gasteiger partial charge in [0, 0.05) is 29.8 Å². The molecule has 4 rings (SSSR count). The summed E-state index contributed by atoms with van der Waals surface area (Å²) in [7, 11) is 0. The first-order valence-corrected chi connectivity index (χ1v) is 11.9. The molecular formula is C26H27FN4OS. The molecule has 4 aromatic rings. The number of fused-ring (bicyclic) bond motifs is 1. The van der Waals surface area contributed by atoms with Gasteiger partial charge >= 0.3 is 0 Å². The second-order valence-corrected chi connectivity index (χ2v) is 9.26. The number of carbonyl (C=O) groups is 1. The maximum Gasteiger partial charge on any atom is 0.251 e. The van der Waals surface area contributed by atoms with Crippen LogP contribution in [-0.2, 0) is 12.8 Å². The Labute approximate surface area is 196 Å². The molecule has 5 nitrogen and oxygen atoms in total. The van der Waals surface area contributed by atoms with E-state index in [0.717, 1.165) is 51.1 Å². The Morgan fingerprint density at radius 3 is 2.58 bits per heavy atom. The number of thiazole rings is 1. The molecule has 0 aliphatic heterocycles. The zero-order valence-electron chi connectivity index (χ0n) is 19.0. The zero-order valence-corrected chi connectivity index (χ0v) is 19.9. The van der Waals surface area contributed by atoms with Gasteiger partial charge in [-0.05, 0) is 79.4 Å². The van der Waals surface area contributed by atoms with Crippen LogP contribution in [0.3, 0.4) is 0 Å². The normalized spacial score (nSPS) is 11.2. The lowest BCUT2D eigenvalue weighted by Gasteiger charge is -2.14. The molecule has 0 bridgehead atoms. The minimum absolute atomic E-state index is 0.133. The average Bonchev–Trinajstić information content (AvgIpc) is 3.17. The molecule has 0 aliphatic rings. The topological polar surface area (TPSA) is 80.9 Å². The summed E-state index contributed by atoms with van der Waals surface area (Å²) in [6, 6.07) is 12.2. The van der Waals surface area contributed by atoms with Crippen molar-refractivity contribution in [3.8, 4) is 11.3 Å². The molecule has 0 saturated carbocycles. The summed E-state index contributed by atoms with van der Waals surface area (Å²) in [5, 5.41) is 3.50. The Hall–Kier alpha value is -3.32. The average molecular weight is 463 g/mol. The number of aryl methyl sites for hydroxylation is 2. The van der Waals surface area contributed by atoms with Crippen LogP contribution < -0.4 is 11.1 Å². The Balaban J connectivity index is 1.52. The van der Waals surface area contributed by atoms with Gasteiger partial charge in [-0.1, -0.05) is 24.7 Å². The van der Waals surface area contributed by atoms with E-state index in [1.807, 2.05) is 19.1 Å². The summed E-state index contributed by atoms with van der Waals surface area (Å²) >= 11 is 1.38. The molecule has 0 aliphatic carbocycles. The van der Waals surface area contributed by atoms with Crippen LogP contribution in [-0.4, -0.2) is 22.4 Å². The van der Waals surface area contributed by atoms with Gasteiger partial charge in [0.05, 0.1) is 15.9 Å². The van der Waals surface area contributed by atoms with Gasteiger partial charge in [0.2, 0.25) is 0 Å². The molecule has 0 atom stereocenters. The molecular weight excluding hydrogens is 435 g/mol. The second kappa shape index (κ2) is 9.67. The van der Waals surface area contributed by atoms with Crippen molar-refractivity contribution < 1.29 is 9.18 Å². The predicted molar refractivity (Wildman–Crippen MR) is 133 cm³/mol. The Bertz CT molecular complexity index is 1310. The first kappa shape index (κ1) is 22.9. The molecule has 0 unspecified atom stereocenters. The molecule has 3 N–H and O–H groups in total. The Kier molecular flexibility index (Phi) is 6.70. The second-order valence-electron chi connectivity index (χ2n) is 8.20. The highest BCUT2D eigenvalue weighted by Gasteiger charge is 2.14. The van der Waals surface area contributed by atoms with Crippen LogP contribution in [0.15, 0.2) is 42.5 Å². The first-order chi connectivity index (χ1) is 15.9. The maximum atomic E-state index is 13.4. The summed E-state index contributed by atoms with van der Waals surface area (Å²) in [5.74, 6) is -0.398. The van der Waals surface area contributed by atoms with Crippen LogP contribution in [0.4, 0.5) is 9.52 Å². The van der Waals surface area contributed by atoms with Crippen molar-refractivity contribution >= 4 is 32.6 Å². The van der Waals surface area contributed by atoms with Crippen LogP contribution in [0.2, 0.25) is 0 Å². The molecule has 2 heterocycles. The van der Waals surface area contributed by atoms with Gasteiger partial charge in [0.25, 0.3) is 5.91 Å². The fourth-order valence-electron chi connectivity index (χ4n) is 4.02. The van der Waals surface area contributed by atoms with E-state index in [-0.39, 0.29) is 11.7 Å². The predicted octanol–water partition coefficient (Wildman–Crippen LogP) is 5.62. The van der Waals surface area contributed by atoms with Crippen LogP contribution in [0.25, 0.3) is 21.5 Å². The number of nitrogens with one attached hydrogen (secondary N) is 1. The summed E-state index contributed by atoms with van der Waals surface area (Å²) in [6.45, 7) is 6.60. The molecule has 2 aromatic carbocycles. The summed E-state index contributed by atoms with van der Waals surface area (Å²) in [4.78, 5) is 21.9. The number of amides is 1. The van der Waals surface area contributed by atoms with E-state index in [0.29, 0.717) is 23.7 Å². The van der Waals surface area contributed by atoms with E-state index in [1.165, 1.54) is 29.0 Å². The Morgan fingerprint density at radius 1 is 1.09 bits per heavy atom. The number of carbonyl (C=O) groups excluding carboxylic acids is 1. The van der Waals surface area contributed by atoms with Crippen molar-refractivity contribution in [2.75, 3.05) is 12.3 Å². The summed E-state index contributed by atoms with van der Waals surface area (Å²) in [6.07, 6.45) is 2.57. The quantitative estimate of drug-likeness (QED) is 0.373. The summed E-state index contributed by atoms with van der Waals surface area (Å²) < 4.78 is 14.3. The smallest absolute Gasteiger partial charge is 0.251 e. The minimum atomic E-state index is -0.265. The molecule has 2 aromatic heterocycles. The van der Waals surface area contributed by atoms with E-state index < -0.39 is 0 Å². The Morgan fingerprint density at radius 2 is 1.85 bits per heavy atom. The third kappa shape index (κ3) is 5.03. The maximum absolute atomic E-state index is 13.4. The van der Waals surface area contributed by atoms with Gasteiger partial charge in [-0.25, -0.2) is 9.37 Å². The number of hydrogen-bond donors (Lipinski definition) is 2. The fourth-order valence-corrected chi connectivity index (χ4v) is 4.87. The van der Waals surface area contributed by atoms with Crippen LogP contribution in [0.1, 0.15) is 46.1 Å². The van der Waals surface area contributed by atoms with Crippen LogP contribution >= 0.6 is 11.3 Å². The third-order valence-electron chi connectivity index (χ3n) is 5.70. The van der Waals surface area contributed by atoms with E-state index in [1.54, 1.807) is 12.1 Å². The largest absolute Gasteiger partial charge is 0.375 e. The van der Waals surface area contributed by atoms with Crippen LogP contribution in [0.5, 0.6) is 0 Å². The molecule has 33 heavy (non-hydrogen) atoms. The van der Waals surface area contributed by atoms with E-state index >= 15 is 0 Å². The molecule has 0 fully saturated rings. The van der Waals surface area contributed by atoms with Gasteiger partial charge in [0.15, 0.2) is 5.13 Å². The SMILES string of the molecule is CCCc1cc(CCNC(=O)c2cc(C)c3nc(N)sc3c2)nc(-c2ccc(F)cc2)c1C. The van der Waals surface area contributed by atoms with Crippen molar-refractivity contribution in [2.45, 2.75) is 40.0 Å². The monoisotopic (exact) mass is 462 g/mol. The first-order valence-electron chi connectivity index (χ1n) is 11.1. The van der Waals surface area contributed by atoms with E-state index in [4.69, 9.17) is 10.7 Å². The van der Waals surface area contributed by atoms with Crippen molar-refractivity contribution in [1.29, 1.82) is 0 Å². The number of pyridine rings is 1. The van der Waals surface area contributed by atoms with Crippen LogP contribution in [0, 0.1) is 19.7 Å². The number of nitrogens with two attached hydrogens (primary N) is 1. The number of hydrogen-bond acceptors (Lipinski definition) is 5. The van der Waals surface area contributed by atoms with Crippen molar-refractivity contribution in [2.24, 2.45) is 0 Å². The minimum Gasteiger partial charge on any atom is -0.375 e. The highest BCUT2D eigenvalue weighted by atomic mass is 32.1. The lowest BCUT2D eigenvalue weighted by molar-refractivity contribution is 0.0954. The van der Waals surface area contributed by atoms with Gasteiger partial charge in [-0.2, -0.15) is 0 Å². The lowest BCUT2D eigenvalue weighted by atomic mass is 9.97. The van der Waals surface area contributed by atoms with Crippen molar-refractivity contribution in [3.63, 3.8) is 0 Å². The van der Waals surface area contributed by atoms with Gasteiger partial charge < -0.3 is 11.1 Å². The lowest BCUT2D eigenvalue weighted by Crippen LogP contribution is -2.26. The molecule has 0 radical (unpaired) electrons.